The van der Waals surface area contributed by atoms with Gasteiger partial charge in [0.2, 0.25) is 5.91 Å². The van der Waals surface area contributed by atoms with Crippen LogP contribution in [0.2, 0.25) is 5.02 Å². The summed E-state index contributed by atoms with van der Waals surface area (Å²) in [7, 11) is 0. The van der Waals surface area contributed by atoms with Crippen LogP contribution in [-0.4, -0.2) is 36.5 Å². The molecule has 1 aliphatic heterocycles. The molecule has 0 spiro atoms. The molecule has 2 unspecified atom stereocenters. The number of rotatable bonds is 4. The Morgan fingerprint density at radius 2 is 2.33 bits per heavy atom. The molecule has 2 rings (SSSR count). The van der Waals surface area contributed by atoms with Gasteiger partial charge in [0, 0.05) is 17.6 Å². The summed E-state index contributed by atoms with van der Waals surface area (Å²) in [5, 5.41) is 2.89. The molecular weight excluding hydrogens is 293 g/mol. The maximum absolute atomic E-state index is 13.7. The van der Waals surface area contributed by atoms with Crippen LogP contribution in [0.4, 0.5) is 10.1 Å². The normalized spacial score (nSPS) is 23.0. The van der Waals surface area contributed by atoms with Crippen LogP contribution in [-0.2, 0) is 4.79 Å². The molecule has 116 valence electrons. The number of benzene rings is 1. The molecule has 21 heavy (non-hydrogen) atoms. The highest BCUT2D eigenvalue weighted by Gasteiger charge is 2.26. The molecule has 3 N–H and O–H groups in total. The Morgan fingerprint density at radius 1 is 1.57 bits per heavy atom. The molecule has 0 radical (unpaired) electrons. The highest BCUT2D eigenvalue weighted by atomic mass is 35.5. The third-order valence-corrected chi connectivity index (χ3v) is 4.16. The molecule has 6 heteroatoms. The van der Waals surface area contributed by atoms with Crippen LogP contribution in [0.5, 0.6) is 0 Å². The Bertz CT molecular complexity index is 512. The molecule has 0 bridgehead atoms. The Morgan fingerprint density at radius 3 is 3.00 bits per heavy atom. The van der Waals surface area contributed by atoms with Gasteiger partial charge in [0.15, 0.2) is 0 Å². The molecule has 0 aromatic heterocycles. The summed E-state index contributed by atoms with van der Waals surface area (Å²) in [6, 6.07) is 4.41. The lowest BCUT2D eigenvalue weighted by atomic mass is 9.92. The first-order valence-electron chi connectivity index (χ1n) is 7.18. The zero-order valence-electron chi connectivity index (χ0n) is 12.1. The van der Waals surface area contributed by atoms with Crippen molar-refractivity contribution in [3.63, 3.8) is 0 Å². The van der Waals surface area contributed by atoms with E-state index in [2.05, 4.69) is 17.1 Å². The van der Waals surface area contributed by atoms with Gasteiger partial charge in [0.05, 0.1) is 12.2 Å². The van der Waals surface area contributed by atoms with Crippen molar-refractivity contribution >= 4 is 23.2 Å². The van der Waals surface area contributed by atoms with Gasteiger partial charge < -0.3 is 11.1 Å². The first kappa shape index (κ1) is 16.2. The fourth-order valence-electron chi connectivity index (χ4n) is 2.72. The Labute approximate surface area is 129 Å². The fraction of sp³-hybridized carbons (Fsp3) is 0.533. The zero-order valence-corrected chi connectivity index (χ0v) is 12.9. The van der Waals surface area contributed by atoms with E-state index in [0.29, 0.717) is 17.5 Å². The molecule has 0 aliphatic carbocycles. The number of hydrogen-bond acceptors (Lipinski definition) is 3. The third kappa shape index (κ3) is 4.40. The lowest BCUT2D eigenvalue weighted by molar-refractivity contribution is -0.118. The minimum atomic E-state index is -0.529. The molecule has 1 aromatic carbocycles. The van der Waals surface area contributed by atoms with E-state index in [0.717, 1.165) is 19.4 Å². The number of carbonyl (C=O) groups is 1. The number of hydrogen-bond donors (Lipinski definition) is 2. The van der Waals surface area contributed by atoms with Crippen molar-refractivity contribution in [3.8, 4) is 0 Å². The first-order chi connectivity index (χ1) is 9.99. The van der Waals surface area contributed by atoms with Gasteiger partial charge in [-0.1, -0.05) is 18.5 Å². The maximum Gasteiger partial charge on any atom is 0.238 e. The van der Waals surface area contributed by atoms with Crippen molar-refractivity contribution in [1.29, 1.82) is 0 Å². The van der Waals surface area contributed by atoms with E-state index in [1.54, 1.807) is 6.07 Å². The lowest BCUT2D eigenvalue weighted by Gasteiger charge is -2.37. The van der Waals surface area contributed by atoms with E-state index in [4.69, 9.17) is 17.3 Å². The second-order valence-electron chi connectivity index (χ2n) is 5.66. The average Bonchev–Trinajstić information content (AvgIpc) is 2.44. The van der Waals surface area contributed by atoms with Gasteiger partial charge in [0.1, 0.15) is 5.82 Å². The van der Waals surface area contributed by atoms with E-state index >= 15 is 0 Å². The summed E-state index contributed by atoms with van der Waals surface area (Å²) in [6.45, 7) is 3.81. The van der Waals surface area contributed by atoms with Gasteiger partial charge in [-0.15, -0.1) is 0 Å². The van der Waals surface area contributed by atoms with Crippen molar-refractivity contribution in [3.05, 3.63) is 29.0 Å². The number of anilines is 1. The summed E-state index contributed by atoms with van der Waals surface area (Å²) in [5.41, 5.74) is 5.93. The Hall–Kier alpha value is -1.17. The van der Waals surface area contributed by atoms with Crippen LogP contribution in [0.15, 0.2) is 18.2 Å². The quantitative estimate of drug-likeness (QED) is 0.898. The molecule has 1 fully saturated rings. The summed E-state index contributed by atoms with van der Waals surface area (Å²) in [6.07, 6.45) is 2.05. The predicted octanol–water partition coefficient (Wildman–Crippen LogP) is 2.48. The molecule has 1 heterocycles. The summed E-state index contributed by atoms with van der Waals surface area (Å²) in [5.74, 6) is -0.130. The third-order valence-electron chi connectivity index (χ3n) is 3.92. The van der Waals surface area contributed by atoms with E-state index in [1.807, 2.05) is 0 Å². The number of halogens is 2. The maximum atomic E-state index is 13.7. The Kier molecular flexibility index (Phi) is 5.56. The molecular formula is C15H21ClFN3O. The van der Waals surface area contributed by atoms with Crippen molar-refractivity contribution in [2.45, 2.75) is 25.8 Å². The van der Waals surface area contributed by atoms with Crippen LogP contribution < -0.4 is 11.1 Å². The molecule has 1 aliphatic rings. The second kappa shape index (κ2) is 7.20. The van der Waals surface area contributed by atoms with Crippen LogP contribution >= 0.6 is 11.6 Å². The highest BCUT2D eigenvalue weighted by Crippen LogP contribution is 2.22. The first-order valence-corrected chi connectivity index (χ1v) is 7.56. The van der Waals surface area contributed by atoms with Gasteiger partial charge in [-0.2, -0.15) is 0 Å². The van der Waals surface area contributed by atoms with E-state index in [-0.39, 0.29) is 24.2 Å². The predicted molar refractivity (Wildman–Crippen MR) is 82.9 cm³/mol. The molecule has 2 atom stereocenters. The van der Waals surface area contributed by atoms with Crippen molar-refractivity contribution < 1.29 is 9.18 Å². The van der Waals surface area contributed by atoms with E-state index in [9.17, 15) is 9.18 Å². The van der Waals surface area contributed by atoms with Gasteiger partial charge in [-0.3, -0.25) is 9.69 Å². The summed E-state index contributed by atoms with van der Waals surface area (Å²) >= 11 is 5.69. The minimum absolute atomic E-state index is 0.152. The summed E-state index contributed by atoms with van der Waals surface area (Å²) < 4.78 is 13.7. The largest absolute Gasteiger partial charge is 0.329 e. The number of nitrogens with zero attached hydrogens (tertiary/aromatic N) is 1. The monoisotopic (exact) mass is 313 g/mol. The van der Waals surface area contributed by atoms with Crippen molar-refractivity contribution in [2.24, 2.45) is 11.7 Å². The van der Waals surface area contributed by atoms with Gasteiger partial charge in [0.25, 0.3) is 0 Å². The van der Waals surface area contributed by atoms with Crippen LogP contribution in [0, 0.1) is 11.7 Å². The standard InChI is InChI=1S/C15H21ClFN3O/c1-10-4-5-20(12(6-10)8-18)9-15(21)19-14-3-2-11(16)7-13(14)17/h2-3,7,10,12H,4-6,8-9,18H2,1H3,(H,19,21). The smallest absolute Gasteiger partial charge is 0.238 e. The highest BCUT2D eigenvalue weighted by molar-refractivity contribution is 6.30. The van der Waals surface area contributed by atoms with Gasteiger partial charge >= 0.3 is 0 Å². The van der Waals surface area contributed by atoms with Crippen molar-refractivity contribution in [1.82, 2.24) is 4.90 Å². The van der Waals surface area contributed by atoms with Crippen LogP contribution in [0.1, 0.15) is 19.8 Å². The average molecular weight is 314 g/mol. The zero-order chi connectivity index (χ0) is 15.4. The topological polar surface area (TPSA) is 58.4 Å². The van der Waals surface area contributed by atoms with E-state index < -0.39 is 5.82 Å². The number of carbonyl (C=O) groups excluding carboxylic acids is 1. The minimum Gasteiger partial charge on any atom is -0.329 e. The Balaban J connectivity index is 1.94. The fourth-order valence-corrected chi connectivity index (χ4v) is 2.88. The van der Waals surface area contributed by atoms with Gasteiger partial charge in [-0.25, -0.2) is 4.39 Å². The SMILES string of the molecule is CC1CCN(CC(=O)Nc2ccc(Cl)cc2F)C(CN)C1. The second-order valence-corrected chi connectivity index (χ2v) is 6.10. The molecule has 1 amide bonds. The van der Waals surface area contributed by atoms with Crippen molar-refractivity contribution in [2.75, 3.05) is 25.0 Å². The number of amides is 1. The number of nitrogens with two attached hydrogens (primary N) is 1. The molecule has 1 saturated heterocycles. The molecule has 1 aromatic rings. The van der Waals surface area contributed by atoms with Gasteiger partial charge in [-0.05, 0) is 43.5 Å². The molecule has 4 nitrogen and oxygen atoms in total. The summed E-state index contributed by atoms with van der Waals surface area (Å²) in [4.78, 5) is 14.1. The number of piperidine rings is 1. The van der Waals surface area contributed by atoms with Crippen LogP contribution in [0.3, 0.4) is 0 Å². The van der Waals surface area contributed by atoms with Crippen LogP contribution in [0.25, 0.3) is 0 Å². The number of nitrogens with one attached hydrogen (secondary N) is 1. The molecule has 0 saturated carbocycles. The van der Waals surface area contributed by atoms with E-state index in [1.165, 1.54) is 12.1 Å². The number of likely N-dealkylation sites (tertiary alicyclic amines) is 1. The lowest BCUT2D eigenvalue weighted by Crippen LogP contribution is -2.49.